The van der Waals surface area contributed by atoms with Crippen LogP contribution < -0.4 is 0 Å². The average molecular weight is 513 g/mol. The maximum atomic E-state index is 11.8. The highest BCUT2D eigenvalue weighted by Crippen LogP contribution is 2.17. The van der Waals surface area contributed by atoms with E-state index in [2.05, 4.69) is 31.2 Å². The number of hydrogen-bond donors (Lipinski definition) is 3. The molecule has 0 aromatic heterocycles. The molecule has 0 aromatic carbocycles. The average Bonchev–Trinajstić information content (AvgIpc) is 2.87. The maximum absolute atomic E-state index is 11.8. The minimum absolute atomic E-state index is 0.0522. The third-order valence-electron chi connectivity index (χ3n) is 6.37. The van der Waals surface area contributed by atoms with Gasteiger partial charge in [0, 0.05) is 13.0 Å². The lowest BCUT2D eigenvalue weighted by Crippen LogP contribution is -2.53. The molecule has 0 unspecified atom stereocenters. The van der Waals surface area contributed by atoms with Crippen LogP contribution >= 0.6 is 0 Å². The second-order valence-electron chi connectivity index (χ2n) is 9.74. The molecule has 210 valence electrons. The van der Waals surface area contributed by atoms with Gasteiger partial charge in [-0.05, 0) is 57.8 Å². The number of rotatable bonds is 22. The van der Waals surface area contributed by atoms with E-state index < -0.39 is 24.6 Å². The minimum atomic E-state index is -1.25. The molecule has 4 atom stereocenters. The van der Waals surface area contributed by atoms with Gasteiger partial charge in [0.2, 0.25) is 0 Å². The van der Waals surface area contributed by atoms with Crippen molar-refractivity contribution in [2.75, 3.05) is 19.8 Å². The fraction of sp³-hybridized carbons (Fsp3) is 0.828. The van der Waals surface area contributed by atoms with Crippen molar-refractivity contribution in [2.45, 2.75) is 134 Å². The van der Waals surface area contributed by atoms with Gasteiger partial charge in [-0.15, -0.1) is 0 Å². The number of aliphatic hydroxyl groups is 3. The van der Waals surface area contributed by atoms with Crippen molar-refractivity contribution in [2.24, 2.45) is 0 Å². The van der Waals surface area contributed by atoms with Gasteiger partial charge in [-0.25, -0.2) is 0 Å². The second-order valence-corrected chi connectivity index (χ2v) is 9.74. The third-order valence-corrected chi connectivity index (χ3v) is 6.37. The molecule has 0 radical (unpaired) electrons. The Balaban J connectivity index is 1.82. The zero-order chi connectivity index (χ0) is 26.3. The summed E-state index contributed by atoms with van der Waals surface area (Å²) in [7, 11) is 0. The van der Waals surface area contributed by atoms with Crippen molar-refractivity contribution in [3.05, 3.63) is 24.3 Å². The van der Waals surface area contributed by atoms with Gasteiger partial charge in [0.25, 0.3) is 0 Å². The van der Waals surface area contributed by atoms with E-state index in [1.165, 1.54) is 44.9 Å². The van der Waals surface area contributed by atoms with E-state index in [0.717, 1.165) is 51.4 Å². The van der Waals surface area contributed by atoms with Crippen LogP contribution in [0.4, 0.5) is 0 Å². The van der Waals surface area contributed by atoms with Crippen LogP contribution in [0.15, 0.2) is 24.3 Å². The summed E-state index contributed by atoms with van der Waals surface area (Å²) in [6.45, 7) is 3.03. The van der Waals surface area contributed by atoms with Gasteiger partial charge in [-0.2, -0.15) is 0 Å². The summed E-state index contributed by atoms with van der Waals surface area (Å²) in [5, 5.41) is 28.8. The molecule has 1 rings (SSSR count). The molecule has 36 heavy (non-hydrogen) atoms. The van der Waals surface area contributed by atoms with Crippen LogP contribution in [0, 0.1) is 0 Å². The molecular formula is C29H52O7. The summed E-state index contributed by atoms with van der Waals surface area (Å²) >= 11 is 0. The van der Waals surface area contributed by atoms with E-state index >= 15 is 0 Å². The van der Waals surface area contributed by atoms with Crippen LogP contribution in [-0.4, -0.2) is 65.7 Å². The first kappa shape index (κ1) is 32.8. The number of hydrogen-bond acceptors (Lipinski definition) is 7. The summed E-state index contributed by atoms with van der Waals surface area (Å²) in [5.41, 5.74) is 0. The van der Waals surface area contributed by atoms with Gasteiger partial charge in [0.15, 0.2) is 6.29 Å². The molecule has 0 spiro atoms. The molecule has 0 aromatic rings. The van der Waals surface area contributed by atoms with Crippen molar-refractivity contribution in [3.63, 3.8) is 0 Å². The molecule has 0 saturated carbocycles. The van der Waals surface area contributed by atoms with E-state index in [4.69, 9.17) is 14.2 Å². The van der Waals surface area contributed by atoms with Gasteiger partial charge in [-0.3, -0.25) is 4.79 Å². The van der Waals surface area contributed by atoms with Crippen LogP contribution in [0.3, 0.4) is 0 Å². The number of ether oxygens (including phenoxy) is 3. The Morgan fingerprint density at radius 1 is 0.778 bits per heavy atom. The fourth-order valence-corrected chi connectivity index (χ4v) is 4.02. The third kappa shape index (κ3) is 17.2. The normalized spacial score (nSPS) is 22.6. The lowest BCUT2D eigenvalue weighted by atomic mass is 10.1. The van der Waals surface area contributed by atoms with E-state index in [1.54, 1.807) is 0 Å². The van der Waals surface area contributed by atoms with Crippen LogP contribution in [0.25, 0.3) is 0 Å². The minimum Gasteiger partial charge on any atom is -0.466 e. The summed E-state index contributed by atoms with van der Waals surface area (Å²) < 4.78 is 15.9. The maximum Gasteiger partial charge on any atom is 0.305 e. The summed E-state index contributed by atoms with van der Waals surface area (Å²) in [4.78, 5) is 11.8. The Bertz CT molecular complexity index is 578. The van der Waals surface area contributed by atoms with Gasteiger partial charge >= 0.3 is 5.97 Å². The first-order valence-electron chi connectivity index (χ1n) is 14.3. The summed E-state index contributed by atoms with van der Waals surface area (Å²) in [6.07, 6.45) is 21.4. The van der Waals surface area contributed by atoms with E-state index in [1.807, 2.05) is 0 Å². The number of allylic oxidation sites excluding steroid dienone is 4. The lowest BCUT2D eigenvalue weighted by molar-refractivity contribution is -0.270. The molecule has 3 N–H and O–H groups in total. The number of aliphatic hydroxyl groups excluding tert-OH is 3. The SMILES string of the molecule is CCCCC/C=C\C/C=C\CCCCCCCC(=O)OCCCCCCO[C@@H]1OC[C@@H](O)[C@H](O)[C@H]1O. The predicted octanol–water partition coefficient (Wildman–Crippen LogP) is 5.36. The van der Waals surface area contributed by atoms with Crippen LogP contribution in [0.1, 0.15) is 110 Å². The zero-order valence-electron chi connectivity index (χ0n) is 22.5. The zero-order valence-corrected chi connectivity index (χ0v) is 22.5. The first-order valence-corrected chi connectivity index (χ1v) is 14.3. The molecule has 0 aliphatic carbocycles. The predicted molar refractivity (Wildman–Crippen MR) is 142 cm³/mol. The van der Waals surface area contributed by atoms with Crippen LogP contribution in [0.2, 0.25) is 0 Å². The second kappa shape index (κ2) is 22.9. The number of esters is 1. The molecule has 1 heterocycles. The highest BCUT2D eigenvalue weighted by atomic mass is 16.7. The van der Waals surface area contributed by atoms with Crippen molar-refractivity contribution >= 4 is 5.97 Å². The number of carbonyl (C=O) groups excluding carboxylic acids is 1. The summed E-state index contributed by atoms with van der Waals surface area (Å²) in [6, 6.07) is 0. The Morgan fingerprint density at radius 3 is 2.11 bits per heavy atom. The first-order chi connectivity index (χ1) is 17.6. The van der Waals surface area contributed by atoms with Gasteiger partial charge in [0.1, 0.15) is 18.3 Å². The topological polar surface area (TPSA) is 105 Å². The van der Waals surface area contributed by atoms with Crippen molar-refractivity contribution in [3.8, 4) is 0 Å². The standard InChI is InChI=1S/C29H52O7/c1-2-3-4-5-6-7-8-9-10-11-12-13-14-15-18-21-26(31)34-22-19-16-17-20-23-35-29-28(33)27(32)25(30)24-36-29/h6-7,9-10,25,27-30,32-33H,2-5,8,11-24H2,1H3/b7-6-,10-9-/t25-,27+,28-,29-/m1/s1. The van der Waals surface area contributed by atoms with Crippen LogP contribution in [-0.2, 0) is 19.0 Å². The monoisotopic (exact) mass is 512 g/mol. The fourth-order valence-electron chi connectivity index (χ4n) is 4.02. The number of unbranched alkanes of at least 4 members (excludes halogenated alkanes) is 11. The highest BCUT2D eigenvalue weighted by molar-refractivity contribution is 5.69. The van der Waals surface area contributed by atoms with Crippen molar-refractivity contribution in [1.82, 2.24) is 0 Å². The largest absolute Gasteiger partial charge is 0.466 e. The Kier molecular flexibility index (Phi) is 20.9. The Morgan fingerprint density at radius 2 is 1.39 bits per heavy atom. The quantitative estimate of drug-likeness (QED) is 0.102. The molecular weight excluding hydrogens is 460 g/mol. The molecule has 1 fully saturated rings. The molecule has 1 aliphatic heterocycles. The molecule has 0 amide bonds. The lowest BCUT2D eigenvalue weighted by Gasteiger charge is -2.34. The van der Waals surface area contributed by atoms with Crippen LogP contribution in [0.5, 0.6) is 0 Å². The smallest absolute Gasteiger partial charge is 0.305 e. The Labute approximate surface area is 218 Å². The van der Waals surface area contributed by atoms with Crippen molar-refractivity contribution < 1.29 is 34.3 Å². The number of carbonyl (C=O) groups is 1. The highest BCUT2D eigenvalue weighted by Gasteiger charge is 2.37. The Hall–Kier alpha value is -1.25. The van der Waals surface area contributed by atoms with E-state index in [-0.39, 0.29) is 12.6 Å². The molecule has 1 aliphatic rings. The summed E-state index contributed by atoms with van der Waals surface area (Å²) in [5.74, 6) is -0.104. The molecule has 7 nitrogen and oxygen atoms in total. The molecule has 0 bridgehead atoms. The van der Waals surface area contributed by atoms with Gasteiger partial charge < -0.3 is 29.5 Å². The van der Waals surface area contributed by atoms with E-state index in [0.29, 0.717) is 19.6 Å². The van der Waals surface area contributed by atoms with Gasteiger partial charge in [0.05, 0.1) is 13.2 Å². The van der Waals surface area contributed by atoms with E-state index in [9.17, 15) is 20.1 Å². The van der Waals surface area contributed by atoms with Crippen molar-refractivity contribution in [1.29, 1.82) is 0 Å². The molecule has 1 saturated heterocycles. The van der Waals surface area contributed by atoms with Gasteiger partial charge in [-0.1, -0.05) is 69.8 Å². The molecule has 7 heteroatoms.